The van der Waals surface area contributed by atoms with Crippen molar-refractivity contribution in [3.8, 4) is 0 Å². The fraction of sp³-hybridized carbons (Fsp3) is 0.556. The van der Waals surface area contributed by atoms with Crippen LogP contribution in [0.5, 0.6) is 0 Å². The lowest BCUT2D eigenvalue weighted by Crippen LogP contribution is -2.39. The maximum atomic E-state index is 12.8. The van der Waals surface area contributed by atoms with Gasteiger partial charge in [0, 0.05) is 23.5 Å². The zero-order valence-corrected chi connectivity index (χ0v) is 14.8. The van der Waals surface area contributed by atoms with Crippen LogP contribution in [-0.4, -0.2) is 35.1 Å². The van der Waals surface area contributed by atoms with Crippen LogP contribution in [0.4, 0.5) is 5.69 Å². The summed E-state index contributed by atoms with van der Waals surface area (Å²) < 4.78 is 0. The molecule has 0 bridgehead atoms. The van der Waals surface area contributed by atoms with E-state index in [4.69, 9.17) is 0 Å². The van der Waals surface area contributed by atoms with Gasteiger partial charge in [-0.25, -0.2) is 0 Å². The Hall–Kier alpha value is -1.49. The Morgan fingerprint density at radius 3 is 2.61 bits per heavy atom. The zero-order valence-electron chi connectivity index (χ0n) is 14.0. The summed E-state index contributed by atoms with van der Waals surface area (Å²) in [7, 11) is 1.90. The molecule has 1 saturated carbocycles. The summed E-state index contributed by atoms with van der Waals surface area (Å²) in [4.78, 5) is 27.5. The van der Waals surface area contributed by atoms with E-state index in [1.165, 1.54) is 12.8 Å². The molecule has 2 amide bonds. The molecule has 1 aromatic carbocycles. The second-order valence-corrected chi connectivity index (χ2v) is 8.17. The lowest BCUT2D eigenvalue weighted by Gasteiger charge is -2.34. The molecule has 1 N–H and O–H groups in total. The van der Waals surface area contributed by atoms with Gasteiger partial charge in [0.15, 0.2) is 0 Å². The number of benzene rings is 1. The van der Waals surface area contributed by atoms with E-state index in [1.54, 1.807) is 11.8 Å². The van der Waals surface area contributed by atoms with E-state index in [1.807, 2.05) is 37.1 Å². The maximum absolute atomic E-state index is 12.8. The maximum Gasteiger partial charge on any atom is 0.253 e. The highest BCUT2D eigenvalue weighted by Crippen LogP contribution is 2.36. The number of carbonyl (C=O) groups excluding carboxylic acids is 2. The molecule has 1 heterocycles. The van der Waals surface area contributed by atoms with Crippen molar-refractivity contribution < 1.29 is 9.59 Å². The molecule has 124 valence electrons. The smallest absolute Gasteiger partial charge is 0.253 e. The Morgan fingerprint density at radius 1 is 1.22 bits per heavy atom. The average Bonchev–Trinajstić information content (AvgIpc) is 2.55. The predicted molar refractivity (Wildman–Crippen MR) is 93.9 cm³/mol. The number of nitrogens with zero attached hydrogens (tertiary/aromatic N) is 1. The molecule has 0 radical (unpaired) electrons. The van der Waals surface area contributed by atoms with Crippen LogP contribution in [0.2, 0.25) is 0 Å². The average molecular weight is 332 g/mol. The first-order chi connectivity index (χ1) is 11.0. The van der Waals surface area contributed by atoms with Crippen LogP contribution < -0.4 is 5.32 Å². The van der Waals surface area contributed by atoms with E-state index in [-0.39, 0.29) is 17.1 Å². The molecule has 1 aliphatic carbocycles. The van der Waals surface area contributed by atoms with Crippen LogP contribution in [0.1, 0.15) is 49.9 Å². The molecule has 1 aliphatic heterocycles. The summed E-state index contributed by atoms with van der Waals surface area (Å²) in [5, 5.41) is 2.81. The lowest BCUT2D eigenvalue weighted by molar-refractivity contribution is -0.115. The molecule has 0 saturated heterocycles. The van der Waals surface area contributed by atoms with E-state index >= 15 is 0 Å². The third-order valence-electron chi connectivity index (χ3n) is 5.01. The topological polar surface area (TPSA) is 49.4 Å². The van der Waals surface area contributed by atoms with Gasteiger partial charge in [-0.2, -0.15) is 0 Å². The van der Waals surface area contributed by atoms with Crippen molar-refractivity contribution in [3.05, 3.63) is 23.8 Å². The number of fused-ring (bicyclic) bond motifs is 1. The van der Waals surface area contributed by atoms with Crippen molar-refractivity contribution in [1.82, 2.24) is 4.90 Å². The van der Waals surface area contributed by atoms with Crippen molar-refractivity contribution >= 4 is 29.3 Å². The molecule has 3 rings (SSSR count). The van der Waals surface area contributed by atoms with Gasteiger partial charge in [0.05, 0.1) is 10.9 Å². The highest BCUT2D eigenvalue weighted by molar-refractivity contribution is 8.00. The van der Waals surface area contributed by atoms with Crippen LogP contribution >= 0.6 is 11.8 Å². The summed E-state index contributed by atoms with van der Waals surface area (Å²) in [5.74, 6) is 0.819. The first kappa shape index (κ1) is 16.4. The number of hydrogen-bond acceptors (Lipinski definition) is 3. The van der Waals surface area contributed by atoms with Gasteiger partial charge < -0.3 is 10.2 Å². The Morgan fingerprint density at radius 2 is 1.91 bits per heavy atom. The van der Waals surface area contributed by atoms with Crippen molar-refractivity contribution in [2.75, 3.05) is 12.4 Å². The molecule has 0 spiro atoms. The molecule has 1 atom stereocenters. The fourth-order valence-electron chi connectivity index (χ4n) is 3.34. The largest absolute Gasteiger partial charge is 0.339 e. The van der Waals surface area contributed by atoms with Crippen molar-refractivity contribution in [1.29, 1.82) is 0 Å². The van der Waals surface area contributed by atoms with E-state index in [0.717, 1.165) is 29.3 Å². The number of amides is 2. The monoisotopic (exact) mass is 332 g/mol. The Balaban J connectivity index is 1.75. The van der Waals surface area contributed by atoms with Crippen LogP contribution in [0.15, 0.2) is 23.1 Å². The van der Waals surface area contributed by atoms with E-state index in [2.05, 4.69) is 12.2 Å². The molecule has 1 unspecified atom stereocenters. The third-order valence-corrected chi connectivity index (χ3v) is 6.19. The molecule has 2 aliphatic rings. The van der Waals surface area contributed by atoms with Crippen LogP contribution in [0, 0.1) is 5.92 Å². The SMILES string of the molecule is CC1CCC(N(C)C(=O)c2ccc3c(c2)NC(=O)C(C)S3)CC1. The zero-order chi connectivity index (χ0) is 16.6. The molecule has 4 nitrogen and oxygen atoms in total. The molecule has 0 aromatic heterocycles. The second-order valence-electron chi connectivity index (χ2n) is 6.79. The fourth-order valence-corrected chi connectivity index (χ4v) is 4.27. The normalized spacial score (nSPS) is 27.1. The van der Waals surface area contributed by atoms with Crippen molar-refractivity contribution in [2.24, 2.45) is 5.92 Å². The standard InChI is InChI=1S/C18H24N2O2S/c1-11-4-7-14(8-5-11)20(3)18(22)13-6-9-16-15(10-13)19-17(21)12(2)23-16/h6,9-12,14H,4-5,7-8H2,1-3H3,(H,19,21). The first-order valence-corrected chi connectivity index (χ1v) is 9.22. The van der Waals surface area contributed by atoms with Crippen molar-refractivity contribution in [2.45, 2.75) is 55.7 Å². The quantitative estimate of drug-likeness (QED) is 0.897. The number of thioether (sulfide) groups is 1. The summed E-state index contributed by atoms with van der Waals surface area (Å²) in [6.07, 6.45) is 4.55. The van der Waals surface area contributed by atoms with E-state index in [9.17, 15) is 9.59 Å². The summed E-state index contributed by atoms with van der Waals surface area (Å²) in [6.45, 7) is 4.17. The minimum absolute atomic E-state index is 0.00159. The Labute approximate surface area is 142 Å². The molecular weight excluding hydrogens is 308 g/mol. The van der Waals surface area contributed by atoms with Gasteiger partial charge in [0.25, 0.3) is 5.91 Å². The molecule has 23 heavy (non-hydrogen) atoms. The predicted octanol–water partition coefficient (Wildman–Crippen LogP) is 3.77. The second kappa shape index (κ2) is 6.56. The van der Waals surface area contributed by atoms with E-state index in [0.29, 0.717) is 11.6 Å². The molecule has 5 heteroatoms. The Bertz CT molecular complexity index is 623. The number of anilines is 1. The van der Waals surface area contributed by atoms with Gasteiger partial charge in [-0.3, -0.25) is 9.59 Å². The van der Waals surface area contributed by atoms with Crippen LogP contribution in [-0.2, 0) is 4.79 Å². The molecule has 1 fully saturated rings. The number of nitrogens with one attached hydrogen (secondary N) is 1. The molecular formula is C18H24N2O2S. The minimum Gasteiger partial charge on any atom is -0.339 e. The van der Waals surface area contributed by atoms with E-state index < -0.39 is 0 Å². The van der Waals surface area contributed by atoms with Gasteiger partial charge in [-0.15, -0.1) is 11.8 Å². The van der Waals surface area contributed by atoms with Gasteiger partial charge in [0.1, 0.15) is 0 Å². The first-order valence-electron chi connectivity index (χ1n) is 8.34. The summed E-state index contributed by atoms with van der Waals surface area (Å²) >= 11 is 1.54. The van der Waals surface area contributed by atoms with Crippen LogP contribution in [0.3, 0.4) is 0 Å². The lowest BCUT2D eigenvalue weighted by atomic mass is 9.86. The molecule has 1 aromatic rings. The summed E-state index contributed by atoms with van der Waals surface area (Å²) in [5.41, 5.74) is 1.41. The van der Waals surface area contributed by atoms with Gasteiger partial charge in [-0.05, 0) is 56.7 Å². The number of carbonyl (C=O) groups is 2. The highest BCUT2D eigenvalue weighted by Gasteiger charge is 2.27. The number of hydrogen-bond donors (Lipinski definition) is 1. The Kier molecular flexibility index (Phi) is 4.67. The van der Waals surface area contributed by atoms with Gasteiger partial charge in [0.2, 0.25) is 5.91 Å². The van der Waals surface area contributed by atoms with Gasteiger partial charge >= 0.3 is 0 Å². The highest BCUT2D eigenvalue weighted by atomic mass is 32.2. The van der Waals surface area contributed by atoms with Crippen LogP contribution in [0.25, 0.3) is 0 Å². The van der Waals surface area contributed by atoms with Gasteiger partial charge in [-0.1, -0.05) is 6.92 Å². The minimum atomic E-state index is -0.0871. The third kappa shape index (κ3) is 3.39. The van der Waals surface area contributed by atoms with Crippen molar-refractivity contribution in [3.63, 3.8) is 0 Å². The summed E-state index contributed by atoms with van der Waals surface area (Å²) in [6, 6.07) is 5.97. The number of rotatable bonds is 2.